The quantitative estimate of drug-likeness (QED) is 0.635. The van der Waals surface area contributed by atoms with Crippen molar-refractivity contribution in [3.05, 3.63) is 46.5 Å². The molecule has 2 fully saturated rings. The maximum atomic E-state index is 13.0. The van der Waals surface area contributed by atoms with Crippen LogP contribution in [0.1, 0.15) is 65.2 Å². The molecule has 2 heterocycles. The summed E-state index contributed by atoms with van der Waals surface area (Å²) >= 11 is 0. The van der Waals surface area contributed by atoms with Gasteiger partial charge in [-0.15, -0.1) is 0 Å². The number of esters is 2. The first kappa shape index (κ1) is 18.0. The minimum Gasteiger partial charge on any atom is -0.427 e. The monoisotopic (exact) mass is 380 g/mol. The van der Waals surface area contributed by atoms with Gasteiger partial charge >= 0.3 is 11.9 Å². The van der Waals surface area contributed by atoms with Crippen molar-refractivity contribution in [1.82, 2.24) is 0 Å². The summed E-state index contributed by atoms with van der Waals surface area (Å²) in [7, 11) is 0. The SMILES string of the molecule is CCCC=C1OC(=O)C2=C[C@H]3CC[C@@]12[C@@H]1C2=C(CC[C@@H]13)/C(=C\CCC)OC2=O. The third kappa shape index (κ3) is 2.23. The van der Waals surface area contributed by atoms with Gasteiger partial charge in [0, 0.05) is 22.6 Å². The third-order valence-electron chi connectivity index (χ3n) is 7.43. The lowest BCUT2D eigenvalue weighted by Crippen LogP contribution is -2.50. The molecule has 4 heteroatoms. The van der Waals surface area contributed by atoms with Crippen LogP contribution in [0.3, 0.4) is 0 Å². The third-order valence-corrected chi connectivity index (χ3v) is 7.43. The molecule has 6 aliphatic rings. The first-order valence-corrected chi connectivity index (χ1v) is 10.9. The summed E-state index contributed by atoms with van der Waals surface area (Å²) < 4.78 is 11.6. The van der Waals surface area contributed by atoms with E-state index in [2.05, 4.69) is 32.1 Å². The van der Waals surface area contributed by atoms with Crippen molar-refractivity contribution in [3.8, 4) is 0 Å². The van der Waals surface area contributed by atoms with Gasteiger partial charge in [-0.3, -0.25) is 0 Å². The number of ether oxygens (including phenoxy) is 2. The minimum atomic E-state index is -0.452. The van der Waals surface area contributed by atoms with Crippen molar-refractivity contribution < 1.29 is 19.1 Å². The molecule has 4 atom stereocenters. The molecule has 1 saturated carbocycles. The number of unbranched alkanes of at least 4 members (excludes halogenated alkanes) is 2. The van der Waals surface area contributed by atoms with Crippen molar-refractivity contribution in [3.63, 3.8) is 0 Å². The zero-order valence-corrected chi connectivity index (χ0v) is 16.8. The van der Waals surface area contributed by atoms with Crippen molar-refractivity contribution >= 4 is 11.9 Å². The zero-order valence-electron chi connectivity index (χ0n) is 16.8. The first-order valence-electron chi connectivity index (χ1n) is 10.9. The van der Waals surface area contributed by atoms with Crippen molar-refractivity contribution in [2.45, 2.75) is 65.2 Å². The van der Waals surface area contributed by atoms with Crippen LogP contribution in [0.15, 0.2) is 46.5 Å². The van der Waals surface area contributed by atoms with Gasteiger partial charge in [0.1, 0.15) is 11.5 Å². The predicted octanol–water partition coefficient (Wildman–Crippen LogP) is 5.13. The van der Waals surface area contributed by atoms with Gasteiger partial charge in [0.15, 0.2) is 0 Å². The Morgan fingerprint density at radius 1 is 1.07 bits per heavy atom. The van der Waals surface area contributed by atoms with E-state index in [0.29, 0.717) is 11.8 Å². The van der Waals surface area contributed by atoms with Crippen LogP contribution in [0.25, 0.3) is 0 Å². The summed E-state index contributed by atoms with van der Waals surface area (Å²) in [5.74, 6) is 1.96. The average molecular weight is 380 g/mol. The number of cyclic esters (lactones) is 2. The summed E-state index contributed by atoms with van der Waals surface area (Å²) in [5, 5.41) is 0. The second-order valence-electron chi connectivity index (χ2n) is 8.82. The molecule has 4 nitrogen and oxygen atoms in total. The van der Waals surface area contributed by atoms with E-state index in [9.17, 15) is 9.59 Å². The zero-order chi connectivity index (χ0) is 19.5. The van der Waals surface area contributed by atoms with Gasteiger partial charge in [0.25, 0.3) is 0 Å². The lowest BCUT2D eigenvalue weighted by molar-refractivity contribution is -0.135. The van der Waals surface area contributed by atoms with E-state index in [1.807, 2.05) is 0 Å². The van der Waals surface area contributed by atoms with Crippen LogP contribution in [0.2, 0.25) is 0 Å². The number of carbonyl (C=O) groups excluding carboxylic acids is 2. The van der Waals surface area contributed by atoms with Crippen LogP contribution in [0.4, 0.5) is 0 Å². The molecule has 6 rings (SSSR count). The Bertz CT molecular complexity index is 871. The fourth-order valence-electron chi connectivity index (χ4n) is 6.29. The normalized spacial score (nSPS) is 38.4. The molecule has 0 unspecified atom stereocenters. The Balaban J connectivity index is 1.68. The number of carbonyl (C=O) groups is 2. The fraction of sp³-hybridized carbons (Fsp3) is 0.583. The molecular weight excluding hydrogens is 352 g/mol. The molecule has 148 valence electrons. The van der Waals surface area contributed by atoms with Crippen LogP contribution in [0, 0.1) is 23.2 Å². The van der Waals surface area contributed by atoms with E-state index in [1.165, 1.54) is 0 Å². The predicted molar refractivity (Wildman–Crippen MR) is 105 cm³/mol. The molecule has 0 aromatic carbocycles. The van der Waals surface area contributed by atoms with E-state index in [4.69, 9.17) is 9.47 Å². The molecule has 1 saturated heterocycles. The average Bonchev–Trinajstić information content (AvgIpc) is 3.19. The lowest BCUT2D eigenvalue weighted by atomic mass is 9.47. The second kappa shape index (κ2) is 6.47. The Hall–Kier alpha value is -2.10. The molecule has 0 amide bonds. The van der Waals surface area contributed by atoms with Crippen LogP contribution in [-0.4, -0.2) is 11.9 Å². The number of fused-ring (bicyclic) bond motifs is 1. The van der Waals surface area contributed by atoms with Crippen LogP contribution in [0.5, 0.6) is 0 Å². The van der Waals surface area contributed by atoms with Gasteiger partial charge in [-0.25, -0.2) is 9.59 Å². The highest BCUT2D eigenvalue weighted by atomic mass is 16.5. The maximum Gasteiger partial charge on any atom is 0.340 e. The van der Waals surface area contributed by atoms with E-state index in [-0.39, 0.29) is 17.9 Å². The lowest BCUT2D eigenvalue weighted by Gasteiger charge is -2.54. The van der Waals surface area contributed by atoms with E-state index in [0.717, 1.165) is 79.6 Å². The molecule has 2 aliphatic heterocycles. The minimum absolute atomic E-state index is 0.0181. The highest BCUT2D eigenvalue weighted by Crippen LogP contribution is 2.68. The Morgan fingerprint density at radius 3 is 2.64 bits per heavy atom. The van der Waals surface area contributed by atoms with Gasteiger partial charge in [-0.2, -0.15) is 0 Å². The molecule has 2 bridgehead atoms. The van der Waals surface area contributed by atoms with Crippen LogP contribution < -0.4 is 0 Å². The van der Waals surface area contributed by atoms with E-state index in [1.54, 1.807) is 0 Å². The van der Waals surface area contributed by atoms with Gasteiger partial charge in [-0.05, 0) is 62.5 Å². The summed E-state index contributed by atoms with van der Waals surface area (Å²) in [5.41, 5.74) is 2.29. The topological polar surface area (TPSA) is 52.6 Å². The van der Waals surface area contributed by atoms with Crippen molar-refractivity contribution in [2.75, 3.05) is 0 Å². The van der Waals surface area contributed by atoms with Gasteiger partial charge in [0.2, 0.25) is 0 Å². The van der Waals surface area contributed by atoms with E-state index < -0.39 is 5.41 Å². The molecule has 4 aliphatic carbocycles. The summed E-state index contributed by atoms with van der Waals surface area (Å²) in [4.78, 5) is 25.8. The number of rotatable bonds is 4. The second-order valence-corrected chi connectivity index (χ2v) is 8.82. The Labute approximate surface area is 166 Å². The molecule has 0 aromatic rings. The molecule has 0 radical (unpaired) electrons. The Morgan fingerprint density at radius 2 is 1.86 bits per heavy atom. The molecule has 1 spiro atoms. The highest BCUT2D eigenvalue weighted by molar-refractivity contribution is 5.99. The number of hydrogen-bond acceptors (Lipinski definition) is 4. The van der Waals surface area contributed by atoms with Crippen molar-refractivity contribution in [1.29, 1.82) is 0 Å². The smallest absolute Gasteiger partial charge is 0.340 e. The first-order chi connectivity index (χ1) is 13.6. The maximum absolute atomic E-state index is 13.0. The fourth-order valence-corrected chi connectivity index (χ4v) is 6.29. The molecule has 0 N–H and O–H groups in total. The largest absolute Gasteiger partial charge is 0.427 e. The molecule has 28 heavy (non-hydrogen) atoms. The Kier molecular flexibility index (Phi) is 4.15. The summed E-state index contributed by atoms with van der Waals surface area (Å²) in [6.07, 6.45) is 14.1. The van der Waals surface area contributed by atoms with Crippen molar-refractivity contribution in [2.24, 2.45) is 23.2 Å². The van der Waals surface area contributed by atoms with Crippen LogP contribution in [-0.2, 0) is 19.1 Å². The number of hydrogen-bond donors (Lipinski definition) is 0. The standard InChI is InChI=1S/C24H28O4/c1-3-5-7-18-16-10-9-15-14-11-12-24(21(15)20(16)23(26)27-18)17(13-14)22(25)28-19(24)8-6-4-2/h7-8,13-15,21H,3-6,9-12H2,1-2H3/b18-7+,19-8?/t14-,15-,21+,24+/m1/s1. The number of allylic oxidation sites excluding steroid dienone is 5. The molecular formula is C24H28O4. The van der Waals surface area contributed by atoms with Gasteiger partial charge in [0.05, 0.1) is 5.41 Å². The summed E-state index contributed by atoms with van der Waals surface area (Å²) in [6.45, 7) is 4.26. The molecule has 0 aromatic heterocycles. The van der Waals surface area contributed by atoms with Gasteiger partial charge < -0.3 is 9.47 Å². The highest BCUT2D eigenvalue weighted by Gasteiger charge is 2.66. The van der Waals surface area contributed by atoms with Gasteiger partial charge in [-0.1, -0.05) is 32.8 Å². The summed E-state index contributed by atoms with van der Waals surface area (Å²) in [6, 6.07) is 0. The van der Waals surface area contributed by atoms with E-state index >= 15 is 0 Å². The van der Waals surface area contributed by atoms with Crippen LogP contribution >= 0.6 is 0 Å².